The number of hydrogen-bond acceptors (Lipinski definition) is 6. The van der Waals surface area contributed by atoms with Gasteiger partial charge in [-0.15, -0.1) is 0 Å². The van der Waals surface area contributed by atoms with Crippen LogP contribution in [0.5, 0.6) is 5.75 Å². The average Bonchev–Trinajstić information content (AvgIpc) is 2.98. The first kappa shape index (κ1) is 26.9. The molecule has 0 spiro atoms. The lowest BCUT2D eigenvalue weighted by molar-refractivity contribution is -0.145. The molecule has 0 aliphatic carbocycles. The normalized spacial score (nSPS) is 17.9. The van der Waals surface area contributed by atoms with Crippen LogP contribution in [0.2, 0.25) is 5.02 Å². The zero-order chi connectivity index (χ0) is 26.2. The van der Waals surface area contributed by atoms with Crippen LogP contribution in [0.25, 0.3) is 0 Å². The first-order chi connectivity index (χ1) is 16.2. The van der Waals surface area contributed by atoms with Crippen LogP contribution in [0.4, 0.5) is 23.2 Å². The van der Waals surface area contributed by atoms with Gasteiger partial charge in [0.25, 0.3) is 5.91 Å². The van der Waals surface area contributed by atoms with Gasteiger partial charge in [0, 0.05) is 16.1 Å². The van der Waals surface area contributed by atoms with Gasteiger partial charge in [-0.05, 0) is 30.3 Å². The number of rotatable bonds is 8. The topological polar surface area (TPSA) is 123 Å². The molecule has 1 amide bonds. The molecule has 2 aromatic rings. The number of phosphoric acid groups is 1. The van der Waals surface area contributed by atoms with E-state index in [1.54, 1.807) is 0 Å². The highest BCUT2D eigenvalue weighted by Crippen LogP contribution is 2.51. The minimum absolute atomic E-state index is 0.0222. The second-order valence-corrected chi connectivity index (χ2v) is 8.86. The highest BCUT2D eigenvalue weighted by Gasteiger charge is 2.55. The Hall–Kier alpha value is -2.70. The molecule has 1 heterocycles. The minimum atomic E-state index is -4.85. The van der Waals surface area contributed by atoms with Crippen molar-refractivity contribution in [2.75, 3.05) is 25.3 Å². The fourth-order valence-corrected chi connectivity index (χ4v) is 3.93. The van der Waals surface area contributed by atoms with Crippen molar-refractivity contribution in [2.45, 2.75) is 18.3 Å². The number of nitrogens with zero attached hydrogens (tertiary/aromatic N) is 1. The summed E-state index contributed by atoms with van der Waals surface area (Å²) >= 11 is 5.96. The highest BCUT2D eigenvalue weighted by atomic mass is 35.5. The van der Waals surface area contributed by atoms with Crippen LogP contribution in [0.3, 0.4) is 0 Å². The number of hydrogen-bond donors (Lipinski definition) is 2. The molecule has 0 saturated carbocycles. The van der Waals surface area contributed by atoms with Crippen LogP contribution in [-0.4, -0.2) is 42.1 Å². The third kappa shape index (κ3) is 5.60. The van der Waals surface area contributed by atoms with Crippen molar-refractivity contribution in [1.82, 2.24) is 0 Å². The van der Waals surface area contributed by atoms with Crippen molar-refractivity contribution in [3.05, 3.63) is 58.1 Å². The third-order valence-electron chi connectivity index (χ3n) is 4.98. The van der Waals surface area contributed by atoms with Crippen LogP contribution in [0, 0.1) is 0 Å². The summed E-state index contributed by atoms with van der Waals surface area (Å²) in [6.45, 7) is -1.73. The zero-order valence-corrected chi connectivity index (χ0v) is 19.4. The number of fused-ring (bicyclic) bond motifs is 1. The van der Waals surface area contributed by atoms with Crippen molar-refractivity contribution in [2.24, 2.45) is 0 Å². The largest absolute Gasteiger partial charge is 0.496 e. The molecule has 2 N–H and O–H groups in total. The predicted octanol–water partition coefficient (Wildman–Crippen LogP) is 3.93. The molecule has 0 aromatic heterocycles. The Kier molecular flexibility index (Phi) is 7.49. The maximum Gasteiger partial charge on any atom is 0.469 e. The number of phosphoric ester groups is 1. The molecule has 3 rings (SSSR count). The fraction of sp³-hybridized carbons (Fsp3) is 0.300. The van der Waals surface area contributed by atoms with Crippen LogP contribution >= 0.6 is 19.4 Å². The Morgan fingerprint density at radius 2 is 1.86 bits per heavy atom. The van der Waals surface area contributed by atoms with E-state index in [1.165, 1.54) is 19.2 Å². The molecule has 190 valence electrons. The van der Waals surface area contributed by atoms with Crippen LogP contribution < -0.4 is 9.64 Å². The van der Waals surface area contributed by atoms with E-state index in [0.717, 1.165) is 12.1 Å². The number of halogens is 5. The van der Waals surface area contributed by atoms with Crippen molar-refractivity contribution >= 4 is 37.0 Å². The SMILES string of the molecule is COc1ccc(Cl)cc1C1(F)C(=O)N(COC(=O)CCOP(=O)(O)O)c2cc(C(F)(F)F)ccc21. The summed E-state index contributed by atoms with van der Waals surface area (Å²) < 4.78 is 81.2. The Bertz CT molecular complexity index is 1200. The number of benzene rings is 2. The molecule has 15 heteroatoms. The van der Waals surface area contributed by atoms with E-state index in [2.05, 4.69) is 4.52 Å². The van der Waals surface area contributed by atoms with E-state index in [1.807, 2.05) is 0 Å². The molecule has 0 radical (unpaired) electrons. The molecular weight excluding hydrogens is 525 g/mol. The minimum Gasteiger partial charge on any atom is -0.496 e. The average molecular weight is 542 g/mol. The number of carbonyl (C=O) groups is 2. The number of carbonyl (C=O) groups excluding carboxylic acids is 2. The quantitative estimate of drug-likeness (QED) is 0.293. The van der Waals surface area contributed by atoms with Crippen LogP contribution in [0.15, 0.2) is 36.4 Å². The number of methoxy groups -OCH3 is 1. The van der Waals surface area contributed by atoms with Crippen molar-refractivity contribution in [3.8, 4) is 5.75 Å². The maximum atomic E-state index is 16.5. The van der Waals surface area contributed by atoms with E-state index in [-0.39, 0.29) is 16.3 Å². The molecular formula is C20H17ClF4NO8P. The molecule has 0 fully saturated rings. The Morgan fingerprint density at radius 1 is 1.17 bits per heavy atom. The third-order valence-corrected chi connectivity index (χ3v) is 5.73. The van der Waals surface area contributed by atoms with Gasteiger partial charge in [0.1, 0.15) is 5.75 Å². The lowest BCUT2D eigenvalue weighted by Gasteiger charge is -2.23. The number of anilines is 1. The van der Waals surface area contributed by atoms with Gasteiger partial charge in [-0.25, -0.2) is 8.96 Å². The Labute approximate surface area is 200 Å². The van der Waals surface area contributed by atoms with E-state index >= 15 is 4.39 Å². The maximum absolute atomic E-state index is 16.5. The lowest BCUT2D eigenvalue weighted by atomic mass is 9.88. The summed E-state index contributed by atoms with van der Waals surface area (Å²) in [6.07, 6.45) is -5.49. The molecule has 1 atom stereocenters. The second kappa shape index (κ2) is 9.75. The van der Waals surface area contributed by atoms with Gasteiger partial charge in [-0.1, -0.05) is 17.7 Å². The smallest absolute Gasteiger partial charge is 0.469 e. The van der Waals surface area contributed by atoms with Gasteiger partial charge in [-0.3, -0.25) is 19.0 Å². The van der Waals surface area contributed by atoms with Crippen LogP contribution in [0.1, 0.15) is 23.1 Å². The van der Waals surface area contributed by atoms with Gasteiger partial charge in [0.2, 0.25) is 5.67 Å². The summed E-state index contributed by atoms with van der Waals surface area (Å²) in [4.78, 5) is 42.9. The Morgan fingerprint density at radius 3 is 2.46 bits per heavy atom. The lowest BCUT2D eigenvalue weighted by Crippen LogP contribution is -2.40. The summed E-state index contributed by atoms with van der Waals surface area (Å²) in [7, 11) is -3.65. The molecule has 0 saturated heterocycles. The molecule has 1 unspecified atom stereocenters. The summed E-state index contributed by atoms with van der Waals surface area (Å²) in [5.41, 5.74) is -5.56. The monoisotopic (exact) mass is 541 g/mol. The van der Waals surface area contributed by atoms with Crippen molar-refractivity contribution in [1.29, 1.82) is 0 Å². The highest BCUT2D eigenvalue weighted by molar-refractivity contribution is 7.46. The first-order valence-corrected chi connectivity index (χ1v) is 11.5. The van der Waals surface area contributed by atoms with E-state index in [0.29, 0.717) is 17.0 Å². The summed E-state index contributed by atoms with van der Waals surface area (Å²) in [5, 5.41) is 0.0222. The molecule has 1 aliphatic rings. The fourth-order valence-electron chi connectivity index (χ4n) is 3.43. The zero-order valence-electron chi connectivity index (χ0n) is 17.7. The number of esters is 1. The van der Waals surface area contributed by atoms with E-state index in [4.69, 9.17) is 30.9 Å². The molecule has 2 aromatic carbocycles. The van der Waals surface area contributed by atoms with Gasteiger partial charge < -0.3 is 19.3 Å². The number of amides is 1. The first-order valence-electron chi connectivity index (χ1n) is 9.61. The van der Waals surface area contributed by atoms with Gasteiger partial charge in [-0.2, -0.15) is 13.2 Å². The standard InChI is InChI=1S/C20H17ClF4NO8P/c1-32-16-5-3-12(21)9-14(16)19(22)13-4-2-11(20(23,24)25)8-15(13)26(18(19)28)10-33-17(27)6-7-34-35(29,30)31/h2-5,8-9H,6-7,10H2,1H3,(H2,29,30,31). The van der Waals surface area contributed by atoms with Crippen molar-refractivity contribution in [3.63, 3.8) is 0 Å². The van der Waals surface area contributed by atoms with Crippen molar-refractivity contribution < 1.29 is 55.5 Å². The summed E-state index contributed by atoms with van der Waals surface area (Å²) in [5.74, 6) is -2.59. The Balaban J connectivity index is 1.99. The van der Waals surface area contributed by atoms with Crippen LogP contribution in [-0.2, 0) is 35.3 Å². The number of alkyl halides is 4. The van der Waals surface area contributed by atoms with E-state index in [9.17, 15) is 27.3 Å². The van der Waals surface area contributed by atoms with Gasteiger partial charge in [0.05, 0.1) is 31.4 Å². The molecule has 9 nitrogen and oxygen atoms in total. The molecule has 0 bridgehead atoms. The van der Waals surface area contributed by atoms with Gasteiger partial charge in [0.15, 0.2) is 6.73 Å². The molecule has 35 heavy (non-hydrogen) atoms. The van der Waals surface area contributed by atoms with E-state index < -0.39 is 68.1 Å². The number of ether oxygens (including phenoxy) is 2. The summed E-state index contributed by atoms with van der Waals surface area (Å²) in [6, 6.07) is 5.67. The molecule has 1 aliphatic heterocycles. The second-order valence-electron chi connectivity index (χ2n) is 7.19. The predicted molar refractivity (Wildman–Crippen MR) is 112 cm³/mol. The van der Waals surface area contributed by atoms with Gasteiger partial charge >= 0.3 is 20.0 Å².